The Kier molecular flexibility index (Phi) is 5.28. The summed E-state index contributed by atoms with van der Waals surface area (Å²) in [6, 6.07) is 4.80. The highest BCUT2D eigenvalue weighted by molar-refractivity contribution is 6.35. The van der Waals surface area contributed by atoms with Crippen LogP contribution in [0.2, 0.25) is 10.0 Å². The molecule has 0 aliphatic rings. The number of carbonyl (C=O) groups excluding carboxylic acids is 1. The van der Waals surface area contributed by atoms with Crippen molar-refractivity contribution in [1.82, 2.24) is 14.9 Å². The monoisotopic (exact) mass is 355 g/mol. The molecule has 6 nitrogen and oxygen atoms in total. The Morgan fingerprint density at radius 1 is 1.17 bits per heavy atom. The van der Waals surface area contributed by atoms with Gasteiger partial charge in [-0.1, -0.05) is 23.2 Å². The van der Waals surface area contributed by atoms with E-state index in [2.05, 4.69) is 9.97 Å². The van der Waals surface area contributed by atoms with E-state index in [9.17, 15) is 4.79 Å². The van der Waals surface area contributed by atoms with Crippen LogP contribution in [0.3, 0.4) is 0 Å². The van der Waals surface area contributed by atoms with Crippen LogP contribution in [0.5, 0.6) is 17.4 Å². The van der Waals surface area contributed by atoms with E-state index >= 15 is 0 Å². The maximum Gasteiger partial charge on any atom is 0.416 e. The molecule has 0 fully saturated rings. The molecule has 1 heterocycles. The van der Waals surface area contributed by atoms with Crippen molar-refractivity contribution in [2.24, 2.45) is 0 Å². The zero-order chi connectivity index (χ0) is 17.1. The molecule has 0 unspecified atom stereocenters. The van der Waals surface area contributed by atoms with Crippen LogP contribution in [0.15, 0.2) is 18.2 Å². The van der Waals surface area contributed by atoms with Crippen LogP contribution < -0.4 is 9.47 Å². The Labute approximate surface area is 144 Å². The first-order chi connectivity index (χ1) is 10.8. The smallest absolute Gasteiger partial charge is 0.416 e. The highest BCUT2D eigenvalue weighted by Crippen LogP contribution is 2.37. The lowest BCUT2D eigenvalue weighted by Gasteiger charge is -2.15. The van der Waals surface area contributed by atoms with Crippen molar-refractivity contribution in [3.05, 3.63) is 39.8 Å². The van der Waals surface area contributed by atoms with Crippen molar-refractivity contribution in [2.45, 2.75) is 13.8 Å². The standard InChI is InChI=1S/C15H15Cl2N3O3/c1-8-13(22-12-6-5-10(16)7-11(12)17)14(19-9(2)18-8)23-15(21)20(3)4/h5-7H,1-4H3. The average Bonchev–Trinajstić information content (AvgIpc) is 2.44. The molecule has 0 saturated heterocycles. The molecule has 0 atom stereocenters. The van der Waals surface area contributed by atoms with Gasteiger partial charge in [-0.15, -0.1) is 0 Å². The lowest BCUT2D eigenvalue weighted by molar-refractivity contribution is 0.168. The number of hydrogen-bond acceptors (Lipinski definition) is 5. The normalized spacial score (nSPS) is 10.3. The molecule has 1 amide bonds. The lowest BCUT2D eigenvalue weighted by atomic mass is 10.3. The largest absolute Gasteiger partial charge is 0.448 e. The summed E-state index contributed by atoms with van der Waals surface area (Å²) in [5, 5.41) is 0.806. The summed E-state index contributed by atoms with van der Waals surface area (Å²) in [6.07, 6.45) is -0.574. The van der Waals surface area contributed by atoms with Crippen LogP contribution in [0.4, 0.5) is 4.79 Å². The van der Waals surface area contributed by atoms with Gasteiger partial charge in [0.2, 0.25) is 5.75 Å². The van der Waals surface area contributed by atoms with Gasteiger partial charge in [0.1, 0.15) is 11.6 Å². The number of amides is 1. The average molecular weight is 356 g/mol. The second-order valence-corrected chi connectivity index (χ2v) is 5.77. The van der Waals surface area contributed by atoms with Crippen molar-refractivity contribution < 1.29 is 14.3 Å². The molecule has 8 heteroatoms. The molecule has 0 saturated carbocycles. The molecule has 0 spiro atoms. The zero-order valence-corrected chi connectivity index (χ0v) is 14.6. The van der Waals surface area contributed by atoms with Gasteiger partial charge in [-0.25, -0.2) is 9.78 Å². The first-order valence-electron chi connectivity index (χ1n) is 6.65. The number of halogens is 2. The van der Waals surface area contributed by atoms with E-state index in [0.717, 1.165) is 0 Å². The molecule has 0 aliphatic carbocycles. The van der Waals surface area contributed by atoms with Crippen molar-refractivity contribution >= 4 is 29.3 Å². The molecule has 0 bridgehead atoms. The summed E-state index contributed by atoms with van der Waals surface area (Å²) in [5.74, 6) is 1.06. The number of nitrogens with zero attached hydrogens (tertiary/aromatic N) is 3. The van der Waals surface area contributed by atoms with Crippen molar-refractivity contribution in [3.8, 4) is 17.4 Å². The summed E-state index contributed by atoms with van der Waals surface area (Å²) < 4.78 is 11.0. The third-order valence-electron chi connectivity index (χ3n) is 2.77. The summed E-state index contributed by atoms with van der Waals surface area (Å²) >= 11 is 12.0. The van der Waals surface area contributed by atoms with Crippen molar-refractivity contribution in [1.29, 1.82) is 0 Å². The van der Waals surface area contributed by atoms with Gasteiger partial charge in [-0.3, -0.25) is 0 Å². The van der Waals surface area contributed by atoms with Gasteiger partial charge < -0.3 is 14.4 Å². The second kappa shape index (κ2) is 7.02. The maximum atomic E-state index is 11.8. The van der Waals surface area contributed by atoms with E-state index in [1.807, 2.05) is 0 Å². The predicted octanol–water partition coefficient (Wildman–Crippen LogP) is 4.25. The third kappa shape index (κ3) is 4.24. The summed E-state index contributed by atoms with van der Waals surface area (Å²) in [5.41, 5.74) is 0.519. The third-order valence-corrected chi connectivity index (χ3v) is 3.30. The molecule has 2 rings (SSSR count). The molecule has 0 N–H and O–H groups in total. The number of rotatable bonds is 3. The van der Waals surface area contributed by atoms with Gasteiger partial charge in [0.15, 0.2) is 0 Å². The van der Waals surface area contributed by atoms with Gasteiger partial charge in [0.25, 0.3) is 5.88 Å². The molecule has 0 aliphatic heterocycles. The fourth-order valence-corrected chi connectivity index (χ4v) is 2.15. The number of hydrogen-bond donors (Lipinski definition) is 0. The van der Waals surface area contributed by atoms with E-state index in [4.69, 9.17) is 32.7 Å². The molecule has 2 aromatic rings. The number of ether oxygens (including phenoxy) is 2. The van der Waals surface area contributed by atoms with Crippen LogP contribution in [-0.4, -0.2) is 35.1 Å². The first kappa shape index (κ1) is 17.3. The van der Waals surface area contributed by atoms with E-state index in [0.29, 0.717) is 27.3 Å². The lowest BCUT2D eigenvalue weighted by Crippen LogP contribution is -2.26. The summed E-state index contributed by atoms with van der Waals surface area (Å²) in [6.45, 7) is 3.42. The topological polar surface area (TPSA) is 64.6 Å². The Hall–Kier alpha value is -2.05. The molecule has 122 valence electrons. The Morgan fingerprint density at radius 2 is 1.87 bits per heavy atom. The van der Waals surface area contributed by atoms with Gasteiger partial charge in [0.05, 0.1) is 10.7 Å². The fourth-order valence-electron chi connectivity index (χ4n) is 1.70. The minimum atomic E-state index is -0.574. The molecule has 1 aromatic heterocycles. The van der Waals surface area contributed by atoms with Crippen LogP contribution in [-0.2, 0) is 0 Å². The predicted molar refractivity (Wildman–Crippen MR) is 87.8 cm³/mol. The summed E-state index contributed by atoms with van der Waals surface area (Å²) in [4.78, 5) is 21.4. The Morgan fingerprint density at radius 3 is 2.48 bits per heavy atom. The van der Waals surface area contributed by atoms with E-state index in [1.165, 1.54) is 4.90 Å². The van der Waals surface area contributed by atoms with Crippen LogP contribution in [0.25, 0.3) is 0 Å². The molecular weight excluding hydrogens is 341 g/mol. The van der Waals surface area contributed by atoms with Crippen LogP contribution >= 0.6 is 23.2 Å². The molecule has 1 aromatic carbocycles. The minimum Gasteiger partial charge on any atom is -0.448 e. The van der Waals surface area contributed by atoms with Gasteiger partial charge >= 0.3 is 6.09 Å². The second-order valence-electron chi connectivity index (χ2n) is 4.93. The molecule has 23 heavy (non-hydrogen) atoms. The minimum absolute atomic E-state index is 0.0275. The highest BCUT2D eigenvalue weighted by atomic mass is 35.5. The SMILES string of the molecule is Cc1nc(C)c(Oc2ccc(Cl)cc2Cl)c(OC(=O)N(C)C)n1. The van der Waals surface area contributed by atoms with E-state index in [1.54, 1.807) is 46.1 Å². The quantitative estimate of drug-likeness (QED) is 0.823. The maximum absolute atomic E-state index is 11.8. The number of aromatic nitrogens is 2. The molecular formula is C15H15Cl2N3O3. The fraction of sp³-hybridized carbons (Fsp3) is 0.267. The zero-order valence-electron chi connectivity index (χ0n) is 13.1. The van der Waals surface area contributed by atoms with Gasteiger partial charge in [0, 0.05) is 19.1 Å². The number of benzene rings is 1. The molecule has 0 radical (unpaired) electrons. The summed E-state index contributed by atoms with van der Waals surface area (Å²) in [7, 11) is 3.14. The van der Waals surface area contributed by atoms with Gasteiger partial charge in [-0.2, -0.15) is 4.98 Å². The Balaban J connectivity index is 2.42. The van der Waals surface area contributed by atoms with E-state index < -0.39 is 6.09 Å². The van der Waals surface area contributed by atoms with Crippen LogP contribution in [0, 0.1) is 13.8 Å². The van der Waals surface area contributed by atoms with E-state index in [-0.39, 0.29) is 11.6 Å². The highest BCUT2D eigenvalue weighted by Gasteiger charge is 2.19. The van der Waals surface area contributed by atoms with Gasteiger partial charge in [-0.05, 0) is 32.0 Å². The van der Waals surface area contributed by atoms with Crippen LogP contribution in [0.1, 0.15) is 11.5 Å². The van der Waals surface area contributed by atoms with Crippen molar-refractivity contribution in [2.75, 3.05) is 14.1 Å². The number of carbonyl (C=O) groups is 1. The number of aryl methyl sites for hydroxylation is 2. The first-order valence-corrected chi connectivity index (χ1v) is 7.41. The van der Waals surface area contributed by atoms with Crippen molar-refractivity contribution in [3.63, 3.8) is 0 Å². The Bertz CT molecular complexity index is 751.